The Balaban J connectivity index is 2.71. The predicted octanol–water partition coefficient (Wildman–Crippen LogP) is 1.74. The van der Waals surface area contributed by atoms with Crippen molar-refractivity contribution < 1.29 is 19.1 Å². The zero-order chi connectivity index (χ0) is 12.4. The molecule has 0 aliphatic heterocycles. The molecule has 5 nitrogen and oxygen atoms in total. The molecule has 0 atom stereocenters. The van der Waals surface area contributed by atoms with E-state index in [9.17, 15) is 9.59 Å². The van der Waals surface area contributed by atoms with Crippen LogP contribution in [-0.4, -0.2) is 31.1 Å². The lowest BCUT2D eigenvalue weighted by Crippen LogP contribution is -2.05. The Labute approximate surface area is 97.3 Å². The zero-order valence-electron chi connectivity index (χ0n) is 9.44. The standard InChI is InChI=1S/C12H11NO4/c1-16-11(14)9-7-5-3-4-6-8(7)10(13-9)12(15)17-2/h3-6,13H,1-2H3. The fraction of sp³-hybridized carbons (Fsp3) is 0.167. The molecule has 0 aliphatic carbocycles. The van der Waals surface area contributed by atoms with Crippen LogP contribution in [0.25, 0.3) is 10.8 Å². The largest absolute Gasteiger partial charge is 0.464 e. The van der Waals surface area contributed by atoms with Gasteiger partial charge in [-0.3, -0.25) is 0 Å². The van der Waals surface area contributed by atoms with Crippen molar-refractivity contribution in [1.29, 1.82) is 0 Å². The van der Waals surface area contributed by atoms with Crippen LogP contribution in [0.15, 0.2) is 24.3 Å². The monoisotopic (exact) mass is 233 g/mol. The van der Waals surface area contributed by atoms with E-state index in [1.54, 1.807) is 24.3 Å². The van der Waals surface area contributed by atoms with Gasteiger partial charge in [-0.25, -0.2) is 9.59 Å². The molecule has 0 fully saturated rings. The van der Waals surface area contributed by atoms with Gasteiger partial charge in [0.25, 0.3) is 0 Å². The maximum Gasteiger partial charge on any atom is 0.355 e. The number of ether oxygens (including phenoxy) is 2. The highest BCUT2D eigenvalue weighted by Gasteiger charge is 2.20. The number of hydrogen-bond donors (Lipinski definition) is 1. The average Bonchev–Trinajstić information content (AvgIpc) is 2.76. The summed E-state index contributed by atoms with van der Waals surface area (Å²) in [6, 6.07) is 7.04. The minimum Gasteiger partial charge on any atom is -0.464 e. The molecule has 5 heteroatoms. The van der Waals surface area contributed by atoms with Crippen molar-refractivity contribution in [3.8, 4) is 0 Å². The topological polar surface area (TPSA) is 68.4 Å². The van der Waals surface area contributed by atoms with Gasteiger partial charge in [0.15, 0.2) is 0 Å². The van der Waals surface area contributed by atoms with Gasteiger partial charge in [-0.15, -0.1) is 0 Å². The molecule has 0 spiro atoms. The third-order valence-corrected chi connectivity index (χ3v) is 2.49. The molecule has 0 unspecified atom stereocenters. The van der Waals surface area contributed by atoms with E-state index < -0.39 is 11.9 Å². The molecule has 17 heavy (non-hydrogen) atoms. The molecule has 1 aromatic carbocycles. The van der Waals surface area contributed by atoms with Crippen molar-refractivity contribution in [2.45, 2.75) is 0 Å². The van der Waals surface area contributed by atoms with Gasteiger partial charge < -0.3 is 14.5 Å². The fourth-order valence-electron chi connectivity index (χ4n) is 1.70. The number of aromatic amines is 1. The molecule has 0 radical (unpaired) electrons. The van der Waals surface area contributed by atoms with Gasteiger partial charge in [0.2, 0.25) is 0 Å². The predicted molar refractivity (Wildman–Crippen MR) is 61.0 cm³/mol. The van der Waals surface area contributed by atoms with Crippen molar-refractivity contribution in [1.82, 2.24) is 4.98 Å². The lowest BCUT2D eigenvalue weighted by atomic mass is 10.1. The van der Waals surface area contributed by atoms with Crippen LogP contribution in [-0.2, 0) is 9.47 Å². The summed E-state index contributed by atoms with van der Waals surface area (Å²) in [4.78, 5) is 25.8. The smallest absolute Gasteiger partial charge is 0.355 e. The number of H-pyrrole nitrogens is 1. The first-order valence-electron chi connectivity index (χ1n) is 4.96. The highest BCUT2D eigenvalue weighted by Crippen LogP contribution is 2.23. The highest BCUT2D eigenvalue weighted by molar-refractivity contribution is 6.11. The lowest BCUT2D eigenvalue weighted by Gasteiger charge is -1.95. The Morgan fingerprint density at radius 1 is 0.941 bits per heavy atom. The summed E-state index contributed by atoms with van der Waals surface area (Å²) in [6.07, 6.45) is 0. The van der Waals surface area contributed by atoms with Gasteiger partial charge in [0.05, 0.1) is 14.2 Å². The van der Waals surface area contributed by atoms with E-state index in [2.05, 4.69) is 14.5 Å². The number of aromatic nitrogens is 1. The summed E-state index contributed by atoms with van der Waals surface area (Å²) >= 11 is 0. The molecular weight excluding hydrogens is 222 g/mol. The zero-order valence-corrected chi connectivity index (χ0v) is 9.44. The number of carbonyl (C=O) groups excluding carboxylic acids is 2. The third-order valence-electron chi connectivity index (χ3n) is 2.49. The number of hydrogen-bond acceptors (Lipinski definition) is 4. The summed E-state index contributed by atoms with van der Waals surface area (Å²) < 4.78 is 9.30. The van der Waals surface area contributed by atoms with E-state index in [4.69, 9.17) is 0 Å². The second-order valence-electron chi connectivity index (χ2n) is 3.40. The molecule has 0 bridgehead atoms. The first-order valence-corrected chi connectivity index (χ1v) is 4.96. The van der Waals surface area contributed by atoms with Gasteiger partial charge in [0.1, 0.15) is 11.4 Å². The van der Waals surface area contributed by atoms with Crippen LogP contribution in [0.3, 0.4) is 0 Å². The highest BCUT2D eigenvalue weighted by atomic mass is 16.5. The van der Waals surface area contributed by atoms with Crippen molar-refractivity contribution >= 4 is 22.7 Å². The van der Waals surface area contributed by atoms with Crippen molar-refractivity contribution in [3.05, 3.63) is 35.7 Å². The van der Waals surface area contributed by atoms with Crippen LogP contribution in [0.2, 0.25) is 0 Å². The number of esters is 2. The molecule has 2 rings (SSSR count). The molecule has 0 amide bonds. The van der Waals surface area contributed by atoms with Gasteiger partial charge in [-0.1, -0.05) is 24.3 Å². The molecule has 2 aromatic rings. The number of benzene rings is 1. The molecule has 0 saturated heterocycles. The summed E-state index contributed by atoms with van der Waals surface area (Å²) in [5.41, 5.74) is 0.506. The number of nitrogens with one attached hydrogen (secondary N) is 1. The van der Waals surface area contributed by atoms with E-state index >= 15 is 0 Å². The molecule has 1 heterocycles. The van der Waals surface area contributed by atoms with Crippen molar-refractivity contribution in [3.63, 3.8) is 0 Å². The van der Waals surface area contributed by atoms with Gasteiger partial charge >= 0.3 is 11.9 Å². The first kappa shape index (κ1) is 11.2. The summed E-state index contributed by atoms with van der Waals surface area (Å²) in [7, 11) is 2.57. The van der Waals surface area contributed by atoms with Crippen LogP contribution in [0.5, 0.6) is 0 Å². The average molecular weight is 233 g/mol. The van der Waals surface area contributed by atoms with Crippen LogP contribution in [0.1, 0.15) is 21.0 Å². The van der Waals surface area contributed by atoms with Crippen LogP contribution >= 0.6 is 0 Å². The minimum absolute atomic E-state index is 0.253. The number of methoxy groups -OCH3 is 2. The summed E-state index contributed by atoms with van der Waals surface area (Å²) in [5, 5.41) is 1.28. The van der Waals surface area contributed by atoms with Crippen molar-refractivity contribution in [2.75, 3.05) is 14.2 Å². The lowest BCUT2D eigenvalue weighted by molar-refractivity contribution is 0.0592. The molecule has 1 N–H and O–H groups in total. The Hall–Kier alpha value is -2.30. The Morgan fingerprint density at radius 3 is 1.71 bits per heavy atom. The quantitative estimate of drug-likeness (QED) is 0.802. The molecule has 88 valence electrons. The van der Waals surface area contributed by atoms with E-state index in [0.717, 1.165) is 0 Å². The van der Waals surface area contributed by atoms with E-state index in [1.165, 1.54) is 14.2 Å². The maximum atomic E-state index is 11.5. The molecule has 0 saturated carbocycles. The molecular formula is C12H11NO4. The van der Waals surface area contributed by atoms with Gasteiger partial charge in [0, 0.05) is 10.8 Å². The van der Waals surface area contributed by atoms with Crippen LogP contribution < -0.4 is 0 Å². The Bertz CT molecular complexity index is 535. The fourth-order valence-corrected chi connectivity index (χ4v) is 1.70. The summed E-state index contributed by atoms with van der Waals surface area (Å²) in [5.74, 6) is -1.03. The first-order chi connectivity index (χ1) is 8.19. The molecule has 0 aliphatic rings. The number of carbonyl (C=O) groups is 2. The minimum atomic E-state index is -0.517. The Kier molecular flexibility index (Phi) is 2.82. The third kappa shape index (κ3) is 1.75. The van der Waals surface area contributed by atoms with Crippen LogP contribution in [0, 0.1) is 0 Å². The number of fused-ring (bicyclic) bond motifs is 1. The second-order valence-corrected chi connectivity index (χ2v) is 3.40. The number of rotatable bonds is 2. The van der Waals surface area contributed by atoms with Crippen molar-refractivity contribution in [2.24, 2.45) is 0 Å². The van der Waals surface area contributed by atoms with E-state index in [-0.39, 0.29) is 11.4 Å². The van der Waals surface area contributed by atoms with E-state index in [0.29, 0.717) is 10.8 Å². The van der Waals surface area contributed by atoms with Gasteiger partial charge in [-0.05, 0) is 0 Å². The SMILES string of the molecule is COC(=O)c1[nH]c(C(=O)OC)c2ccccc12. The van der Waals surface area contributed by atoms with E-state index in [1.807, 2.05) is 0 Å². The second kappa shape index (κ2) is 4.29. The van der Waals surface area contributed by atoms with Gasteiger partial charge in [-0.2, -0.15) is 0 Å². The van der Waals surface area contributed by atoms with Crippen LogP contribution in [0.4, 0.5) is 0 Å². The summed E-state index contributed by atoms with van der Waals surface area (Å²) in [6.45, 7) is 0. The molecule has 1 aromatic heterocycles. The normalized spacial score (nSPS) is 10.2. The Morgan fingerprint density at radius 2 is 1.35 bits per heavy atom. The maximum absolute atomic E-state index is 11.5.